The van der Waals surface area contributed by atoms with Gasteiger partial charge in [0.2, 0.25) is 5.91 Å². The molecule has 20 heavy (non-hydrogen) atoms. The molecular formula is C15H23N3O2. The number of nitrogens with zero attached hydrogens (tertiary/aromatic N) is 3. The van der Waals surface area contributed by atoms with Gasteiger partial charge in [-0.05, 0) is 39.5 Å². The molecule has 5 nitrogen and oxygen atoms in total. The molecule has 0 spiro atoms. The standard InChI is InChI=1S/C15H23N3O2/c1-11(15(19)17-7-9-20-10-8-17)18-12(2)16-13-5-3-4-6-14(13)18/h11H,3-10H2,1-2H3. The Kier molecular flexibility index (Phi) is 3.78. The van der Waals surface area contributed by atoms with E-state index in [1.54, 1.807) is 0 Å². The van der Waals surface area contributed by atoms with E-state index in [9.17, 15) is 4.79 Å². The summed E-state index contributed by atoms with van der Waals surface area (Å²) in [6, 6.07) is -0.151. The zero-order chi connectivity index (χ0) is 14.1. The first-order valence-corrected chi connectivity index (χ1v) is 7.61. The van der Waals surface area contributed by atoms with Crippen LogP contribution in [0.2, 0.25) is 0 Å². The quantitative estimate of drug-likeness (QED) is 0.823. The molecule has 2 heterocycles. The van der Waals surface area contributed by atoms with Crippen molar-refractivity contribution in [3.8, 4) is 0 Å². The van der Waals surface area contributed by atoms with E-state index in [-0.39, 0.29) is 11.9 Å². The molecule has 5 heteroatoms. The van der Waals surface area contributed by atoms with E-state index in [2.05, 4.69) is 9.55 Å². The molecule has 1 unspecified atom stereocenters. The molecule has 1 aliphatic heterocycles. The Morgan fingerprint density at radius 2 is 1.95 bits per heavy atom. The fourth-order valence-electron chi connectivity index (χ4n) is 3.37. The van der Waals surface area contributed by atoms with Crippen molar-refractivity contribution in [2.75, 3.05) is 26.3 Å². The van der Waals surface area contributed by atoms with E-state index in [1.807, 2.05) is 18.7 Å². The van der Waals surface area contributed by atoms with Gasteiger partial charge in [-0.25, -0.2) is 4.98 Å². The Morgan fingerprint density at radius 3 is 2.70 bits per heavy atom. The highest BCUT2D eigenvalue weighted by Crippen LogP contribution is 2.26. The number of carbonyl (C=O) groups excluding carboxylic acids is 1. The molecule has 2 aliphatic rings. The minimum absolute atomic E-state index is 0.151. The summed E-state index contributed by atoms with van der Waals surface area (Å²) in [5, 5.41) is 0. The number of hydrogen-bond acceptors (Lipinski definition) is 3. The Morgan fingerprint density at radius 1 is 1.25 bits per heavy atom. The highest BCUT2D eigenvalue weighted by atomic mass is 16.5. The number of carbonyl (C=O) groups is 1. The summed E-state index contributed by atoms with van der Waals surface area (Å²) < 4.78 is 7.48. The van der Waals surface area contributed by atoms with Crippen molar-refractivity contribution >= 4 is 5.91 Å². The van der Waals surface area contributed by atoms with Gasteiger partial charge in [-0.1, -0.05) is 0 Å². The van der Waals surface area contributed by atoms with Gasteiger partial charge >= 0.3 is 0 Å². The van der Waals surface area contributed by atoms with E-state index in [0.29, 0.717) is 26.3 Å². The SMILES string of the molecule is Cc1nc2c(n1C(C)C(=O)N1CCOCC1)CCCC2. The minimum atomic E-state index is -0.151. The number of imidazole rings is 1. The van der Waals surface area contributed by atoms with Gasteiger partial charge in [0.25, 0.3) is 0 Å². The summed E-state index contributed by atoms with van der Waals surface area (Å²) in [4.78, 5) is 19.2. The van der Waals surface area contributed by atoms with E-state index < -0.39 is 0 Å². The van der Waals surface area contributed by atoms with E-state index in [1.165, 1.54) is 24.2 Å². The zero-order valence-corrected chi connectivity index (χ0v) is 12.4. The molecule has 1 aromatic rings. The normalized spacial score (nSPS) is 20.6. The molecule has 1 aromatic heterocycles. The molecule has 1 saturated heterocycles. The van der Waals surface area contributed by atoms with Crippen molar-refractivity contribution in [3.05, 3.63) is 17.2 Å². The predicted molar refractivity (Wildman–Crippen MR) is 75.7 cm³/mol. The van der Waals surface area contributed by atoms with E-state index >= 15 is 0 Å². The van der Waals surface area contributed by atoms with Crippen molar-refractivity contribution in [1.82, 2.24) is 14.5 Å². The first-order chi connectivity index (χ1) is 9.68. The molecule has 0 aromatic carbocycles. The van der Waals surface area contributed by atoms with Gasteiger partial charge < -0.3 is 14.2 Å². The molecule has 0 bridgehead atoms. The molecule has 3 rings (SSSR count). The third kappa shape index (κ3) is 2.35. The second-order valence-corrected chi connectivity index (χ2v) is 5.74. The van der Waals surface area contributed by atoms with Gasteiger partial charge in [0.1, 0.15) is 11.9 Å². The number of fused-ring (bicyclic) bond motifs is 1. The van der Waals surface area contributed by atoms with Gasteiger partial charge in [0.05, 0.1) is 18.9 Å². The van der Waals surface area contributed by atoms with Crippen LogP contribution >= 0.6 is 0 Å². The maximum absolute atomic E-state index is 12.7. The number of ether oxygens (including phenoxy) is 1. The largest absolute Gasteiger partial charge is 0.378 e. The first kappa shape index (κ1) is 13.6. The number of hydrogen-bond donors (Lipinski definition) is 0. The highest BCUT2D eigenvalue weighted by Gasteiger charge is 2.28. The third-order valence-electron chi connectivity index (χ3n) is 4.41. The van der Waals surface area contributed by atoms with Crippen LogP contribution in [0.1, 0.15) is 43.0 Å². The summed E-state index contributed by atoms with van der Waals surface area (Å²) in [6.45, 7) is 6.74. The van der Waals surface area contributed by atoms with E-state index in [0.717, 1.165) is 18.7 Å². The van der Waals surface area contributed by atoms with Crippen LogP contribution in [0, 0.1) is 6.92 Å². The van der Waals surface area contributed by atoms with Crippen LogP contribution in [0.4, 0.5) is 0 Å². The number of amides is 1. The predicted octanol–water partition coefficient (Wildman–Crippen LogP) is 1.49. The van der Waals surface area contributed by atoms with Gasteiger partial charge in [0.15, 0.2) is 0 Å². The average Bonchev–Trinajstić information content (AvgIpc) is 2.82. The van der Waals surface area contributed by atoms with Crippen molar-refractivity contribution in [1.29, 1.82) is 0 Å². The van der Waals surface area contributed by atoms with E-state index in [4.69, 9.17) is 4.74 Å². The number of aryl methyl sites for hydroxylation is 2. The van der Waals surface area contributed by atoms with Crippen molar-refractivity contribution in [2.24, 2.45) is 0 Å². The van der Waals surface area contributed by atoms with Gasteiger partial charge in [0, 0.05) is 18.8 Å². The second kappa shape index (κ2) is 5.56. The Bertz CT molecular complexity index is 503. The van der Waals surface area contributed by atoms with Crippen LogP contribution < -0.4 is 0 Å². The second-order valence-electron chi connectivity index (χ2n) is 5.74. The summed E-state index contributed by atoms with van der Waals surface area (Å²) in [5.74, 6) is 1.17. The number of morpholine rings is 1. The Hall–Kier alpha value is -1.36. The van der Waals surface area contributed by atoms with Crippen LogP contribution in [0.25, 0.3) is 0 Å². The third-order valence-corrected chi connectivity index (χ3v) is 4.41. The number of aromatic nitrogens is 2. The summed E-state index contributed by atoms with van der Waals surface area (Å²) in [6.07, 6.45) is 4.53. The van der Waals surface area contributed by atoms with Crippen LogP contribution in [0.3, 0.4) is 0 Å². The van der Waals surface area contributed by atoms with Gasteiger partial charge in [-0.2, -0.15) is 0 Å². The Labute approximate surface area is 119 Å². The molecule has 0 radical (unpaired) electrons. The molecule has 1 amide bonds. The van der Waals surface area contributed by atoms with Crippen molar-refractivity contribution < 1.29 is 9.53 Å². The maximum Gasteiger partial charge on any atom is 0.245 e. The molecule has 1 atom stereocenters. The smallest absolute Gasteiger partial charge is 0.245 e. The number of rotatable bonds is 2. The highest BCUT2D eigenvalue weighted by molar-refractivity contribution is 5.80. The lowest BCUT2D eigenvalue weighted by Gasteiger charge is -2.30. The molecule has 0 N–H and O–H groups in total. The molecule has 0 saturated carbocycles. The molecule has 1 aliphatic carbocycles. The van der Waals surface area contributed by atoms with Gasteiger partial charge in [-0.15, -0.1) is 0 Å². The lowest BCUT2D eigenvalue weighted by molar-refractivity contribution is -0.138. The first-order valence-electron chi connectivity index (χ1n) is 7.61. The van der Waals surface area contributed by atoms with Crippen LogP contribution in [0.5, 0.6) is 0 Å². The van der Waals surface area contributed by atoms with Crippen LogP contribution in [0.15, 0.2) is 0 Å². The van der Waals surface area contributed by atoms with Crippen LogP contribution in [-0.4, -0.2) is 46.7 Å². The Balaban J connectivity index is 1.84. The maximum atomic E-state index is 12.7. The lowest BCUT2D eigenvalue weighted by Crippen LogP contribution is -2.44. The lowest BCUT2D eigenvalue weighted by atomic mass is 10.0. The monoisotopic (exact) mass is 277 g/mol. The van der Waals surface area contributed by atoms with Crippen LogP contribution in [-0.2, 0) is 22.4 Å². The zero-order valence-electron chi connectivity index (χ0n) is 12.4. The summed E-state index contributed by atoms with van der Waals surface area (Å²) in [5.41, 5.74) is 2.48. The summed E-state index contributed by atoms with van der Waals surface area (Å²) >= 11 is 0. The van der Waals surface area contributed by atoms with Crippen molar-refractivity contribution in [2.45, 2.75) is 45.6 Å². The molecule has 1 fully saturated rings. The fraction of sp³-hybridized carbons (Fsp3) is 0.733. The molecular weight excluding hydrogens is 254 g/mol. The minimum Gasteiger partial charge on any atom is -0.378 e. The topological polar surface area (TPSA) is 47.4 Å². The van der Waals surface area contributed by atoms with Gasteiger partial charge in [-0.3, -0.25) is 4.79 Å². The molecule has 110 valence electrons. The van der Waals surface area contributed by atoms with Crippen molar-refractivity contribution in [3.63, 3.8) is 0 Å². The summed E-state index contributed by atoms with van der Waals surface area (Å²) in [7, 11) is 0. The average molecular weight is 277 g/mol. The fourth-order valence-corrected chi connectivity index (χ4v) is 3.37.